The fourth-order valence-electron chi connectivity index (χ4n) is 3.03. The molecule has 0 radical (unpaired) electrons. The first-order chi connectivity index (χ1) is 13.4. The molecule has 1 aromatic rings. The monoisotopic (exact) mass is 381 g/mol. The third-order valence-corrected chi connectivity index (χ3v) is 4.70. The zero-order valence-electron chi connectivity index (χ0n) is 16.0. The molecule has 1 aromatic carbocycles. The Balaban J connectivity index is 1.70. The highest BCUT2D eigenvalue weighted by Gasteiger charge is 2.45. The van der Waals surface area contributed by atoms with Gasteiger partial charge in [0.1, 0.15) is 11.4 Å². The molecule has 2 aliphatic rings. The second-order valence-corrected chi connectivity index (χ2v) is 6.91. The molecule has 1 unspecified atom stereocenters. The number of hydrogen-bond acceptors (Lipinski definition) is 5. The van der Waals surface area contributed by atoms with Crippen molar-refractivity contribution in [3.05, 3.63) is 54.3 Å². The van der Waals surface area contributed by atoms with Gasteiger partial charge in [-0.2, -0.15) is 4.99 Å². The van der Waals surface area contributed by atoms with E-state index in [1.807, 2.05) is 6.92 Å². The molecule has 0 spiro atoms. The van der Waals surface area contributed by atoms with Gasteiger partial charge >= 0.3 is 5.97 Å². The lowest BCUT2D eigenvalue weighted by atomic mass is 9.91. The van der Waals surface area contributed by atoms with Crippen LogP contribution in [0.3, 0.4) is 0 Å². The van der Waals surface area contributed by atoms with Crippen LogP contribution in [0.25, 0.3) is 0 Å². The molecule has 0 saturated carbocycles. The Morgan fingerprint density at radius 2 is 2.00 bits per heavy atom. The number of benzene rings is 1. The van der Waals surface area contributed by atoms with Gasteiger partial charge in [-0.1, -0.05) is 19.4 Å². The number of fused-ring (bicyclic) bond motifs is 1. The highest BCUT2D eigenvalue weighted by Crippen LogP contribution is 2.29. The van der Waals surface area contributed by atoms with Crippen LogP contribution in [0.15, 0.2) is 53.7 Å². The summed E-state index contributed by atoms with van der Waals surface area (Å²) in [6.45, 7) is 4.12. The Bertz CT molecular complexity index is 870. The number of nitrogens with one attached hydrogen (secondary N) is 1. The predicted octanol–water partition coefficient (Wildman–Crippen LogP) is 3.06. The fraction of sp³-hybridized carbons (Fsp3) is 0.333. The van der Waals surface area contributed by atoms with Gasteiger partial charge in [-0.05, 0) is 49.8 Å². The normalized spacial score (nSPS) is 20.4. The number of aliphatic imine (C=N–C) groups is 1. The molecule has 3 rings (SSSR count). The molecule has 7 nitrogen and oxygen atoms in total. The molecule has 2 amide bonds. The van der Waals surface area contributed by atoms with Crippen LogP contribution in [0.2, 0.25) is 0 Å². The van der Waals surface area contributed by atoms with Crippen LogP contribution in [-0.4, -0.2) is 40.7 Å². The third-order valence-electron chi connectivity index (χ3n) is 4.70. The molecule has 28 heavy (non-hydrogen) atoms. The first-order valence-electron chi connectivity index (χ1n) is 9.28. The number of amides is 2. The Hall–Kier alpha value is -3.22. The van der Waals surface area contributed by atoms with Crippen molar-refractivity contribution in [1.29, 1.82) is 0 Å². The minimum Gasteiger partial charge on any atom is -0.462 e. The largest absolute Gasteiger partial charge is 0.462 e. The third kappa shape index (κ3) is 4.03. The van der Waals surface area contributed by atoms with E-state index in [0.29, 0.717) is 23.7 Å². The maximum absolute atomic E-state index is 13.0. The maximum atomic E-state index is 13.0. The number of esters is 1. The number of ether oxygens (including phenoxy) is 1. The Morgan fingerprint density at radius 1 is 1.25 bits per heavy atom. The van der Waals surface area contributed by atoms with Crippen molar-refractivity contribution in [2.24, 2.45) is 4.99 Å². The van der Waals surface area contributed by atoms with Crippen molar-refractivity contribution in [3.63, 3.8) is 0 Å². The first-order valence-corrected chi connectivity index (χ1v) is 9.28. The molecule has 0 bridgehead atoms. The van der Waals surface area contributed by atoms with E-state index in [1.165, 1.54) is 0 Å². The van der Waals surface area contributed by atoms with Crippen molar-refractivity contribution >= 4 is 29.3 Å². The Labute approximate surface area is 163 Å². The molecule has 2 heterocycles. The van der Waals surface area contributed by atoms with Crippen LogP contribution in [0, 0.1) is 0 Å². The average Bonchev–Trinajstić information content (AvgIpc) is 2.68. The van der Waals surface area contributed by atoms with Gasteiger partial charge in [0.15, 0.2) is 0 Å². The summed E-state index contributed by atoms with van der Waals surface area (Å²) in [5, 5.41) is 2.83. The van der Waals surface area contributed by atoms with Gasteiger partial charge in [-0.3, -0.25) is 9.59 Å². The van der Waals surface area contributed by atoms with E-state index in [0.717, 1.165) is 12.8 Å². The standard InChI is InChI=1S/C21H23N3O4/c1-3-4-13-28-19(26)15-8-10-16(11-9-15)22-20(27)21(2)14-18(25)23-17-7-5-6-12-24(17)21/h5-12H,3-4,13-14H2,1-2H3,(H,22,27). The SMILES string of the molecule is CCCCOC(=O)c1ccc(NC(=O)C2(C)CC(=O)N=C3C=CC=CN32)cc1. The van der Waals surface area contributed by atoms with E-state index < -0.39 is 5.54 Å². The number of rotatable bonds is 6. The number of unbranched alkanes of at least 4 members (excludes halogenated alkanes) is 1. The van der Waals surface area contributed by atoms with Crippen LogP contribution >= 0.6 is 0 Å². The second-order valence-electron chi connectivity index (χ2n) is 6.91. The summed E-state index contributed by atoms with van der Waals surface area (Å²) < 4.78 is 5.17. The lowest BCUT2D eigenvalue weighted by Gasteiger charge is -2.41. The van der Waals surface area contributed by atoms with Gasteiger partial charge in [0.2, 0.25) is 0 Å². The molecule has 0 fully saturated rings. The smallest absolute Gasteiger partial charge is 0.338 e. The van der Waals surface area contributed by atoms with Gasteiger partial charge in [0.05, 0.1) is 18.6 Å². The van der Waals surface area contributed by atoms with Crippen molar-refractivity contribution in [3.8, 4) is 0 Å². The zero-order valence-corrected chi connectivity index (χ0v) is 16.0. The summed E-state index contributed by atoms with van der Waals surface area (Å²) in [6, 6.07) is 6.50. The minimum absolute atomic E-state index is 0.0254. The molecule has 7 heteroatoms. The first kappa shape index (κ1) is 19.5. The number of hydrogen-bond donors (Lipinski definition) is 1. The van der Waals surface area contributed by atoms with E-state index in [2.05, 4.69) is 10.3 Å². The molecular weight excluding hydrogens is 358 g/mol. The van der Waals surface area contributed by atoms with E-state index in [4.69, 9.17) is 4.74 Å². The number of anilines is 1. The zero-order chi connectivity index (χ0) is 20.1. The summed E-state index contributed by atoms with van der Waals surface area (Å²) in [5.41, 5.74) is -0.135. The molecule has 0 aromatic heterocycles. The van der Waals surface area contributed by atoms with E-state index in [9.17, 15) is 14.4 Å². The highest BCUT2D eigenvalue weighted by atomic mass is 16.5. The van der Waals surface area contributed by atoms with Crippen molar-refractivity contribution < 1.29 is 19.1 Å². The van der Waals surface area contributed by atoms with Gasteiger partial charge in [0, 0.05) is 11.9 Å². The summed E-state index contributed by atoms with van der Waals surface area (Å²) >= 11 is 0. The van der Waals surface area contributed by atoms with Gasteiger partial charge in [-0.15, -0.1) is 0 Å². The molecular formula is C21H23N3O4. The van der Waals surface area contributed by atoms with Crippen molar-refractivity contribution in [2.45, 2.75) is 38.6 Å². The lowest BCUT2D eigenvalue weighted by Crippen LogP contribution is -2.58. The van der Waals surface area contributed by atoms with Crippen molar-refractivity contribution in [1.82, 2.24) is 4.90 Å². The molecule has 0 aliphatic carbocycles. The van der Waals surface area contributed by atoms with Crippen LogP contribution in [-0.2, 0) is 14.3 Å². The lowest BCUT2D eigenvalue weighted by molar-refractivity contribution is -0.130. The molecule has 1 N–H and O–H groups in total. The highest BCUT2D eigenvalue weighted by molar-refractivity contribution is 6.12. The van der Waals surface area contributed by atoms with Crippen LogP contribution in [0.5, 0.6) is 0 Å². The van der Waals surface area contributed by atoms with E-state index in [-0.39, 0.29) is 24.2 Å². The second kappa shape index (κ2) is 8.21. The predicted molar refractivity (Wildman–Crippen MR) is 106 cm³/mol. The summed E-state index contributed by atoms with van der Waals surface area (Å²) in [6.07, 6.45) is 8.74. The van der Waals surface area contributed by atoms with Crippen LogP contribution in [0.4, 0.5) is 5.69 Å². The topological polar surface area (TPSA) is 88.1 Å². The fourth-order valence-corrected chi connectivity index (χ4v) is 3.03. The molecule has 146 valence electrons. The Morgan fingerprint density at radius 3 is 2.71 bits per heavy atom. The number of allylic oxidation sites excluding steroid dienone is 2. The number of amidine groups is 1. The Kier molecular flexibility index (Phi) is 5.73. The number of carbonyl (C=O) groups excluding carboxylic acids is 3. The number of nitrogens with zero attached hydrogens (tertiary/aromatic N) is 2. The molecule has 2 aliphatic heterocycles. The van der Waals surface area contributed by atoms with Gasteiger partial charge in [-0.25, -0.2) is 4.79 Å². The molecule has 1 atom stereocenters. The average molecular weight is 381 g/mol. The van der Waals surface area contributed by atoms with E-state index in [1.54, 1.807) is 60.5 Å². The summed E-state index contributed by atoms with van der Waals surface area (Å²) in [5.74, 6) is -0.607. The quantitative estimate of drug-likeness (QED) is 0.604. The van der Waals surface area contributed by atoms with Gasteiger partial charge in [0.25, 0.3) is 11.8 Å². The minimum atomic E-state index is -1.09. The van der Waals surface area contributed by atoms with E-state index >= 15 is 0 Å². The molecule has 0 saturated heterocycles. The summed E-state index contributed by atoms with van der Waals surface area (Å²) in [7, 11) is 0. The van der Waals surface area contributed by atoms with Gasteiger partial charge < -0.3 is 15.0 Å². The number of carbonyl (C=O) groups is 3. The maximum Gasteiger partial charge on any atom is 0.338 e. The van der Waals surface area contributed by atoms with Crippen molar-refractivity contribution in [2.75, 3.05) is 11.9 Å². The van der Waals surface area contributed by atoms with Crippen LogP contribution in [0.1, 0.15) is 43.5 Å². The van der Waals surface area contributed by atoms with Crippen LogP contribution < -0.4 is 5.32 Å². The summed E-state index contributed by atoms with van der Waals surface area (Å²) in [4.78, 5) is 42.6.